The Bertz CT molecular complexity index is 1200. The Morgan fingerprint density at radius 2 is 1.91 bits per heavy atom. The number of nitrogens with one attached hydrogen (secondary N) is 1. The first-order chi connectivity index (χ1) is 15.6. The fourth-order valence-corrected chi connectivity index (χ4v) is 4.06. The Balaban J connectivity index is 1.65. The zero-order valence-corrected chi connectivity index (χ0v) is 19.8. The van der Waals surface area contributed by atoms with E-state index in [1.54, 1.807) is 12.3 Å². The lowest BCUT2D eigenvalue weighted by atomic mass is 9.76. The summed E-state index contributed by atoms with van der Waals surface area (Å²) in [6.07, 6.45) is 1.54. The second kappa shape index (κ2) is 8.62. The largest absolute Gasteiger partial charge is 0.496 e. The molecule has 0 radical (unpaired) electrons. The van der Waals surface area contributed by atoms with E-state index < -0.39 is 30.0 Å². The molecule has 33 heavy (non-hydrogen) atoms. The Morgan fingerprint density at radius 1 is 1.21 bits per heavy atom. The van der Waals surface area contributed by atoms with E-state index in [0.717, 1.165) is 10.2 Å². The predicted molar refractivity (Wildman–Crippen MR) is 124 cm³/mol. The van der Waals surface area contributed by atoms with E-state index in [0.29, 0.717) is 21.9 Å². The average molecular weight is 475 g/mol. The summed E-state index contributed by atoms with van der Waals surface area (Å²) in [7, 11) is 0.749. The molecule has 3 aromatic rings. The van der Waals surface area contributed by atoms with Crippen LogP contribution in [0.3, 0.4) is 0 Å². The number of hydrogen-bond acceptors (Lipinski definition) is 6. The van der Waals surface area contributed by atoms with Crippen LogP contribution < -0.4 is 15.5 Å². The van der Waals surface area contributed by atoms with Crippen molar-refractivity contribution < 1.29 is 27.1 Å². The third kappa shape index (κ3) is 4.20. The minimum Gasteiger partial charge on any atom is -0.496 e. The molecule has 1 N–H and O–H groups in total. The second-order valence-corrected chi connectivity index (χ2v) is 9.26. The van der Waals surface area contributed by atoms with Gasteiger partial charge in [-0.2, -0.15) is 9.19 Å². The lowest BCUT2D eigenvalue weighted by molar-refractivity contribution is 0.00578. The number of nitrogens with zero attached hydrogens (tertiary/aromatic N) is 2. The molecule has 0 spiro atoms. The van der Waals surface area contributed by atoms with Gasteiger partial charge in [0.2, 0.25) is 0 Å². The minimum atomic E-state index is -0.653. The molecule has 11 heteroatoms. The number of aromatic nitrogens is 2. The van der Waals surface area contributed by atoms with Crippen LogP contribution in [-0.2, 0) is 15.9 Å². The summed E-state index contributed by atoms with van der Waals surface area (Å²) < 4.78 is 45.9. The molecular formula is C22H24BF2N3O4S. The molecule has 0 bridgehead atoms. The van der Waals surface area contributed by atoms with E-state index >= 15 is 0 Å². The minimum absolute atomic E-state index is 0.0498. The number of ether oxygens (including phenoxy) is 1. The summed E-state index contributed by atoms with van der Waals surface area (Å²) in [5.74, 6) is -0.824. The van der Waals surface area contributed by atoms with Gasteiger partial charge in [-0.1, -0.05) is 12.1 Å². The Hall–Kier alpha value is -2.63. The van der Waals surface area contributed by atoms with Crippen LogP contribution in [0.25, 0.3) is 10.9 Å². The lowest BCUT2D eigenvalue weighted by Crippen LogP contribution is -2.41. The van der Waals surface area contributed by atoms with Crippen molar-refractivity contribution in [2.75, 3.05) is 7.11 Å². The lowest BCUT2D eigenvalue weighted by Gasteiger charge is -2.32. The number of fused-ring (bicyclic) bond motifs is 1. The van der Waals surface area contributed by atoms with Crippen LogP contribution in [0.1, 0.15) is 43.6 Å². The van der Waals surface area contributed by atoms with Crippen molar-refractivity contribution in [2.45, 2.75) is 45.4 Å². The molecule has 2 aromatic carbocycles. The van der Waals surface area contributed by atoms with Crippen molar-refractivity contribution in [3.63, 3.8) is 0 Å². The highest BCUT2D eigenvalue weighted by atomic mass is 32.2. The van der Waals surface area contributed by atoms with Crippen molar-refractivity contribution in [3.05, 3.63) is 53.5 Å². The summed E-state index contributed by atoms with van der Waals surface area (Å²) in [6, 6.07) is 7.29. The van der Waals surface area contributed by atoms with Gasteiger partial charge in [0, 0.05) is 11.9 Å². The Kier molecular flexibility index (Phi) is 6.15. The van der Waals surface area contributed by atoms with Gasteiger partial charge in [0.1, 0.15) is 11.6 Å². The molecule has 1 saturated heterocycles. The van der Waals surface area contributed by atoms with E-state index in [9.17, 15) is 13.1 Å². The van der Waals surface area contributed by atoms with Crippen molar-refractivity contribution in [2.24, 2.45) is 0 Å². The highest BCUT2D eigenvalue weighted by Gasteiger charge is 2.52. The van der Waals surface area contributed by atoms with Crippen LogP contribution in [0, 0.1) is 5.82 Å². The van der Waals surface area contributed by atoms with Crippen molar-refractivity contribution in [1.82, 2.24) is 14.5 Å². The zero-order valence-electron chi connectivity index (χ0n) is 18.9. The summed E-state index contributed by atoms with van der Waals surface area (Å²) >= 11 is -0.0498. The van der Waals surface area contributed by atoms with Crippen LogP contribution in [0.5, 0.6) is 5.75 Å². The Morgan fingerprint density at radius 3 is 2.55 bits per heavy atom. The van der Waals surface area contributed by atoms with Crippen LogP contribution in [0.4, 0.5) is 8.28 Å². The fourth-order valence-electron chi connectivity index (χ4n) is 3.70. The normalized spacial score (nSPS) is 16.9. The molecule has 1 aliphatic heterocycles. The highest BCUT2D eigenvalue weighted by Crippen LogP contribution is 2.37. The van der Waals surface area contributed by atoms with Crippen molar-refractivity contribution in [3.8, 4) is 5.75 Å². The Labute approximate surface area is 195 Å². The van der Waals surface area contributed by atoms with Gasteiger partial charge in [0.05, 0.1) is 35.6 Å². The molecule has 0 saturated carbocycles. The number of halogens is 2. The summed E-state index contributed by atoms with van der Waals surface area (Å²) in [4.78, 5) is 12.7. The smallest absolute Gasteiger partial charge is 0.495 e. The SMILES string of the molecule is COc1ccc(F)cc1C(=O)NCc1ccc(B2OC(C)(C)C(C)(C)O2)c2cnn(SF)c12. The third-order valence-corrected chi connectivity index (χ3v) is 6.64. The first-order valence-electron chi connectivity index (χ1n) is 10.3. The van der Waals surface area contributed by atoms with E-state index in [4.69, 9.17) is 14.0 Å². The van der Waals surface area contributed by atoms with Gasteiger partial charge in [0.15, 0.2) is 12.3 Å². The fraction of sp³-hybridized carbons (Fsp3) is 0.364. The molecule has 1 amide bonds. The maximum absolute atomic E-state index is 13.7. The molecule has 7 nitrogen and oxygen atoms in total. The quantitative estimate of drug-likeness (QED) is 0.547. The van der Waals surface area contributed by atoms with Gasteiger partial charge in [-0.05, 0) is 56.9 Å². The first-order valence-corrected chi connectivity index (χ1v) is 11.0. The molecule has 174 valence electrons. The maximum atomic E-state index is 13.7. The number of hydrogen-bond donors (Lipinski definition) is 1. The predicted octanol–water partition coefficient (Wildman–Crippen LogP) is 3.79. The number of rotatable bonds is 6. The van der Waals surface area contributed by atoms with E-state index in [-0.39, 0.29) is 30.2 Å². The van der Waals surface area contributed by atoms with Gasteiger partial charge in [-0.15, -0.1) is 3.89 Å². The van der Waals surface area contributed by atoms with Crippen molar-refractivity contribution in [1.29, 1.82) is 0 Å². The van der Waals surface area contributed by atoms with Gasteiger partial charge >= 0.3 is 7.12 Å². The summed E-state index contributed by atoms with van der Waals surface area (Å²) in [5.41, 5.74) is 0.816. The highest BCUT2D eigenvalue weighted by molar-refractivity contribution is 7.92. The van der Waals surface area contributed by atoms with Crippen LogP contribution in [0.2, 0.25) is 0 Å². The molecule has 0 atom stereocenters. The molecule has 2 heterocycles. The summed E-state index contributed by atoms with van der Waals surface area (Å²) in [5, 5.41) is 7.51. The first kappa shape index (κ1) is 23.5. The molecule has 0 unspecified atom stereocenters. The molecule has 0 aliphatic carbocycles. The van der Waals surface area contributed by atoms with Gasteiger partial charge < -0.3 is 19.4 Å². The third-order valence-electron chi connectivity index (χ3n) is 6.24. The monoisotopic (exact) mass is 475 g/mol. The average Bonchev–Trinajstić information content (AvgIpc) is 3.29. The van der Waals surface area contributed by atoms with Crippen LogP contribution in [0.15, 0.2) is 36.5 Å². The second-order valence-electron chi connectivity index (χ2n) is 8.78. The van der Waals surface area contributed by atoms with E-state index in [1.807, 2.05) is 33.8 Å². The molecular weight excluding hydrogens is 451 g/mol. The zero-order chi connectivity index (χ0) is 24.0. The molecule has 1 aromatic heterocycles. The van der Waals surface area contributed by atoms with Gasteiger partial charge in [-0.25, -0.2) is 4.39 Å². The summed E-state index contributed by atoms with van der Waals surface area (Å²) in [6.45, 7) is 7.88. The van der Waals surface area contributed by atoms with Gasteiger partial charge in [0.25, 0.3) is 5.91 Å². The van der Waals surface area contributed by atoms with Crippen LogP contribution in [-0.4, -0.2) is 40.5 Å². The molecule has 4 rings (SSSR count). The molecule has 1 fully saturated rings. The van der Waals surface area contributed by atoms with E-state index in [2.05, 4.69) is 10.4 Å². The number of benzene rings is 2. The van der Waals surface area contributed by atoms with Gasteiger partial charge in [-0.3, -0.25) is 4.79 Å². The maximum Gasteiger partial charge on any atom is 0.495 e. The van der Waals surface area contributed by atoms with Crippen molar-refractivity contribution >= 4 is 41.7 Å². The molecule has 1 aliphatic rings. The topological polar surface area (TPSA) is 74.6 Å². The standard InChI is InChI=1S/C22H24BF2N3O4S/c1-21(2)22(3,4)32-23(31-21)17-8-6-13(19-16(17)12-27-28(19)33-25)11-26-20(29)15-10-14(24)7-9-18(15)30-5/h6-10,12H,11H2,1-5H3,(H,26,29). The number of amides is 1. The van der Waals surface area contributed by atoms with Crippen LogP contribution >= 0.6 is 12.3 Å². The number of carbonyl (C=O) groups excluding carboxylic acids is 1. The van der Waals surface area contributed by atoms with E-state index in [1.165, 1.54) is 19.2 Å². The number of carbonyl (C=O) groups is 1. The number of methoxy groups -OCH3 is 1.